The van der Waals surface area contributed by atoms with Crippen LogP contribution in [0.1, 0.15) is 11.1 Å². The smallest absolute Gasteiger partial charge is 0.262 e. The largest absolute Gasteiger partial charge is 0.266 e. The molecule has 1 N–H and O–H groups in total. The Kier molecular flexibility index (Phi) is 3.46. The van der Waals surface area contributed by atoms with Crippen LogP contribution in [0.5, 0.6) is 0 Å². The van der Waals surface area contributed by atoms with E-state index in [1.165, 1.54) is 30.1 Å². The van der Waals surface area contributed by atoms with Gasteiger partial charge < -0.3 is 0 Å². The molecule has 1 aromatic heterocycles. The number of benzene rings is 1. The topological polar surface area (TPSA) is 87.8 Å². The maximum atomic E-state index is 13.7. The molecule has 0 radical (unpaired) electrons. The molecule has 1 heterocycles. The van der Waals surface area contributed by atoms with Gasteiger partial charge in [-0.15, -0.1) is 0 Å². The van der Waals surface area contributed by atoms with Crippen LogP contribution in [0.25, 0.3) is 0 Å². The summed E-state index contributed by atoms with van der Waals surface area (Å²) in [5, 5.41) is 12.7. The highest BCUT2D eigenvalue weighted by atomic mass is 32.2. The third-order valence-corrected chi connectivity index (χ3v) is 4.02. The normalized spacial score (nSPS) is 11.1. The summed E-state index contributed by atoms with van der Waals surface area (Å²) < 4.78 is 41.4. The van der Waals surface area contributed by atoms with Gasteiger partial charge in [-0.1, -0.05) is 6.07 Å². The second-order valence-electron chi connectivity index (χ2n) is 4.18. The van der Waals surface area contributed by atoms with Crippen LogP contribution in [0.15, 0.2) is 29.3 Å². The Morgan fingerprint density at radius 1 is 1.45 bits per heavy atom. The minimum atomic E-state index is -4.13. The lowest BCUT2D eigenvalue weighted by atomic mass is 10.2. The van der Waals surface area contributed by atoms with Crippen LogP contribution in [0.4, 0.5) is 10.2 Å². The summed E-state index contributed by atoms with van der Waals surface area (Å²) in [5.41, 5.74) is 0.668. The van der Waals surface area contributed by atoms with Crippen molar-refractivity contribution in [3.05, 3.63) is 41.3 Å². The second-order valence-corrected chi connectivity index (χ2v) is 5.83. The van der Waals surface area contributed by atoms with Crippen molar-refractivity contribution in [2.45, 2.75) is 11.8 Å². The van der Waals surface area contributed by atoms with Crippen LogP contribution < -0.4 is 4.72 Å². The number of nitrogens with zero attached hydrogens (tertiary/aromatic N) is 3. The number of hydrogen-bond donors (Lipinski definition) is 1. The second kappa shape index (κ2) is 4.94. The van der Waals surface area contributed by atoms with E-state index in [1.54, 1.807) is 6.92 Å². The predicted octanol–water partition coefficient (Wildman–Crippen LogP) is 1.54. The van der Waals surface area contributed by atoms with Crippen molar-refractivity contribution in [2.75, 3.05) is 4.72 Å². The number of sulfonamides is 1. The van der Waals surface area contributed by atoms with Gasteiger partial charge in [0.05, 0.1) is 6.20 Å². The van der Waals surface area contributed by atoms with Crippen molar-refractivity contribution < 1.29 is 12.8 Å². The van der Waals surface area contributed by atoms with E-state index in [-0.39, 0.29) is 11.4 Å². The fourth-order valence-electron chi connectivity index (χ4n) is 1.64. The van der Waals surface area contributed by atoms with Gasteiger partial charge in [-0.05, 0) is 24.6 Å². The average molecular weight is 294 g/mol. The molecule has 0 saturated heterocycles. The lowest BCUT2D eigenvalue weighted by molar-refractivity contribution is 0.569. The first-order chi connectivity index (χ1) is 9.35. The molecule has 0 atom stereocenters. The van der Waals surface area contributed by atoms with Crippen molar-refractivity contribution in [3.8, 4) is 6.07 Å². The van der Waals surface area contributed by atoms with Crippen LogP contribution >= 0.6 is 0 Å². The highest BCUT2D eigenvalue weighted by Crippen LogP contribution is 2.21. The lowest BCUT2D eigenvalue weighted by Gasteiger charge is -2.10. The van der Waals surface area contributed by atoms with E-state index in [4.69, 9.17) is 5.26 Å². The summed E-state index contributed by atoms with van der Waals surface area (Å²) in [5.74, 6) is -0.864. The minimum Gasteiger partial charge on any atom is -0.262 e. The SMILES string of the molecule is Cc1ccc(F)c(S(=O)(=O)Nc2c(C#N)cnn2C)c1. The van der Waals surface area contributed by atoms with Crippen molar-refractivity contribution in [3.63, 3.8) is 0 Å². The molecule has 8 heteroatoms. The molecule has 0 aliphatic heterocycles. The number of nitrogens with one attached hydrogen (secondary N) is 1. The van der Waals surface area contributed by atoms with Gasteiger partial charge in [0.1, 0.15) is 22.3 Å². The number of hydrogen-bond acceptors (Lipinski definition) is 4. The van der Waals surface area contributed by atoms with Gasteiger partial charge in [0, 0.05) is 7.05 Å². The van der Waals surface area contributed by atoms with E-state index in [1.807, 2.05) is 6.07 Å². The molecule has 0 aliphatic rings. The lowest BCUT2D eigenvalue weighted by Crippen LogP contribution is -2.17. The van der Waals surface area contributed by atoms with Crippen LogP contribution in [0, 0.1) is 24.1 Å². The van der Waals surface area contributed by atoms with Gasteiger partial charge in [-0.3, -0.25) is 9.40 Å². The number of anilines is 1. The Bertz CT molecular complexity index is 805. The van der Waals surface area contributed by atoms with E-state index in [0.717, 1.165) is 6.07 Å². The molecule has 0 aliphatic carbocycles. The Hall–Kier alpha value is -2.40. The Balaban J connectivity index is 2.49. The molecule has 20 heavy (non-hydrogen) atoms. The maximum Gasteiger partial charge on any atom is 0.266 e. The Morgan fingerprint density at radius 3 is 2.80 bits per heavy atom. The zero-order chi connectivity index (χ0) is 14.9. The molecule has 0 amide bonds. The van der Waals surface area contributed by atoms with Gasteiger partial charge in [0.15, 0.2) is 5.82 Å². The fraction of sp³-hybridized carbons (Fsp3) is 0.167. The zero-order valence-electron chi connectivity index (χ0n) is 10.8. The zero-order valence-corrected chi connectivity index (χ0v) is 11.6. The summed E-state index contributed by atoms with van der Waals surface area (Å²) in [6, 6.07) is 5.59. The minimum absolute atomic E-state index is 0.00611. The van der Waals surface area contributed by atoms with E-state index >= 15 is 0 Å². The molecule has 1 aromatic carbocycles. The predicted molar refractivity (Wildman–Crippen MR) is 69.9 cm³/mol. The molecule has 104 valence electrons. The standard InChI is InChI=1S/C12H11FN4O2S/c1-8-3-4-10(13)11(5-8)20(18,19)16-12-9(6-14)7-15-17(12)2/h3-5,7,16H,1-2H3. The maximum absolute atomic E-state index is 13.7. The molecular weight excluding hydrogens is 283 g/mol. The van der Waals surface area contributed by atoms with E-state index in [0.29, 0.717) is 5.56 Å². The van der Waals surface area contributed by atoms with Crippen molar-refractivity contribution in [1.29, 1.82) is 5.26 Å². The molecule has 0 saturated carbocycles. The molecule has 0 spiro atoms. The van der Waals surface area contributed by atoms with Gasteiger partial charge in [0.2, 0.25) is 0 Å². The molecule has 0 fully saturated rings. The van der Waals surface area contributed by atoms with Gasteiger partial charge >= 0.3 is 0 Å². The highest BCUT2D eigenvalue weighted by Gasteiger charge is 2.22. The number of rotatable bonds is 3. The van der Waals surface area contributed by atoms with Gasteiger partial charge in [0.25, 0.3) is 10.0 Å². The fourth-order valence-corrected chi connectivity index (χ4v) is 2.91. The third kappa shape index (κ3) is 2.48. The van der Waals surface area contributed by atoms with Crippen LogP contribution in [-0.2, 0) is 17.1 Å². The van der Waals surface area contributed by atoms with Gasteiger partial charge in [-0.2, -0.15) is 10.4 Å². The summed E-state index contributed by atoms with van der Waals surface area (Å²) in [4.78, 5) is -0.470. The molecule has 0 bridgehead atoms. The monoisotopic (exact) mass is 294 g/mol. The number of nitriles is 1. The van der Waals surface area contributed by atoms with Crippen molar-refractivity contribution in [1.82, 2.24) is 9.78 Å². The molecule has 2 rings (SSSR count). The first kappa shape index (κ1) is 14.0. The molecule has 2 aromatic rings. The van der Waals surface area contributed by atoms with Crippen LogP contribution in [-0.4, -0.2) is 18.2 Å². The quantitative estimate of drug-likeness (QED) is 0.930. The van der Waals surface area contributed by atoms with Crippen LogP contribution in [0.3, 0.4) is 0 Å². The first-order valence-electron chi connectivity index (χ1n) is 5.56. The van der Waals surface area contributed by atoms with Crippen molar-refractivity contribution >= 4 is 15.8 Å². The summed E-state index contributed by atoms with van der Waals surface area (Å²) in [6.45, 7) is 1.66. The first-order valence-corrected chi connectivity index (χ1v) is 7.04. The van der Waals surface area contributed by atoms with Gasteiger partial charge in [-0.25, -0.2) is 12.8 Å². The Labute approximate surface area is 115 Å². The van der Waals surface area contributed by atoms with E-state index < -0.39 is 20.7 Å². The summed E-state index contributed by atoms with van der Waals surface area (Å²) in [7, 11) is -2.65. The van der Waals surface area contributed by atoms with E-state index in [9.17, 15) is 12.8 Å². The number of aromatic nitrogens is 2. The Morgan fingerprint density at radius 2 is 2.15 bits per heavy atom. The molecule has 6 nitrogen and oxygen atoms in total. The summed E-state index contributed by atoms with van der Waals surface area (Å²) >= 11 is 0. The molecule has 0 unspecified atom stereocenters. The average Bonchev–Trinajstić information content (AvgIpc) is 2.73. The van der Waals surface area contributed by atoms with E-state index in [2.05, 4.69) is 9.82 Å². The highest BCUT2D eigenvalue weighted by molar-refractivity contribution is 7.92. The third-order valence-electron chi connectivity index (χ3n) is 2.67. The number of aryl methyl sites for hydroxylation is 2. The summed E-state index contributed by atoms with van der Waals surface area (Å²) in [6.07, 6.45) is 1.23. The van der Waals surface area contributed by atoms with Crippen LogP contribution in [0.2, 0.25) is 0 Å². The van der Waals surface area contributed by atoms with Crippen molar-refractivity contribution in [2.24, 2.45) is 7.05 Å². The number of halogens is 1. The molecular formula is C12H11FN4O2S.